The number of amides is 1. The maximum Gasteiger partial charge on any atom is 0.267 e. The molecular formula is C27H32N4O5S. The molecule has 3 aromatic rings. The Bertz CT molecular complexity index is 1310. The van der Waals surface area contributed by atoms with E-state index in [9.17, 15) is 13.2 Å². The number of likely N-dealkylation sites (N-methyl/N-ethyl adjacent to an activating group) is 1. The van der Waals surface area contributed by atoms with E-state index in [0.29, 0.717) is 12.2 Å². The number of carbonyl (C=O) groups excluding carboxylic acids is 1. The summed E-state index contributed by atoms with van der Waals surface area (Å²) in [7, 11) is -1.63. The largest absolute Gasteiger partial charge is 0.494 e. The molecule has 0 spiro atoms. The van der Waals surface area contributed by atoms with E-state index in [1.807, 2.05) is 24.3 Å². The van der Waals surface area contributed by atoms with Gasteiger partial charge in [-0.3, -0.25) is 10.0 Å². The van der Waals surface area contributed by atoms with Crippen molar-refractivity contribution in [3.63, 3.8) is 0 Å². The number of hydrogen-bond donors (Lipinski definition) is 2. The van der Waals surface area contributed by atoms with Gasteiger partial charge in [0.15, 0.2) is 0 Å². The number of rotatable bonds is 10. The summed E-state index contributed by atoms with van der Waals surface area (Å²) in [6.45, 7) is 6.18. The van der Waals surface area contributed by atoms with Crippen LogP contribution in [0.25, 0.3) is 17.2 Å². The minimum absolute atomic E-state index is 0.149. The standard InChI is InChI=1S/C27H32N4O5S/c1-29-16-18-30(19-17-29)14-2-20-36-25-8-4-23(5-9-25)24-6-10-26(11-7-24)37(34,35)31-15-13-22(21-31)3-12-27(32)28-33/h3-13,15,21,33H,2,14,16-20H2,1H3,(H,28,32). The van der Waals surface area contributed by atoms with Crippen molar-refractivity contribution >= 4 is 22.0 Å². The van der Waals surface area contributed by atoms with Crippen LogP contribution in [-0.4, -0.2) is 79.7 Å². The number of aromatic nitrogens is 1. The highest BCUT2D eigenvalue weighted by molar-refractivity contribution is 7.90. The van der Waals surface area contributed by atoms with E-state index in [1.165, 1.54) is 23.9 Å². The molecule has 2 heterocycles. The summed E-state index contributed by atoms with van der Waals surface area (Å²) in [5.74, 6) is 0.113. The molecule has 0 saturated carbocycles. The molecule has 1 amide bonds. The average Bonchev–Trinajstić information content (AvgIpc) is 3.41. The zero-order valence-electron chi connectivity index (χ0n) is 20.8. The minimum Gasteiger partial charge on any atom is -0.494 e. The van der Waals surface area contributed by atoms with Crippen molar-refractivity contribution in [1.29, 1.82) is 0 Å². The first-order chi connectivity index (χ1) is 17.8. The molecule has 0 radical (unpaired) electrons. The van der Waals surface area contributed by atoms with E-state index in [-0.39, 0.29) is 4.90 Å². The lowest BCUT2D eigenvalue weighted by molar-refractivity contribution is -0.124. The van der Waals surface area contributed by atoms with Crippen molar-refractivity contribution in [2.45, 2.75) is 11.3 Å². The molecule has 0 unspecified atom stereocenters. The molecule has 0 aliphatic carbocycles. The summed E-state index contributed by atoms with van der Waals surface area (Å²) >= 11 is 0. The first-order valence-corrected chi connectivity index (χ1v) is 13.6. The lowest BCUT2D eigenvalue weighted by atomic mass is 10.1. The third-order valence-corrected chi connectivity index (χ3v) is 7.98. The molecule has 196 valence electrons. The van der Waals surface area contributed by atoms with Crippen molar-refractivity contribution < 1.29 is 23.2 Å². The van der Waals surface area contributed by atoms with E-state index >= 15 is 0 Å². The quantitative estimate of drug-likeness (QED) is 0.182. The number of hydrogen-bond acceptors (Lipinski definition) is 7. The SMILES string of the molecule is CN1CCN(CCCOc2ccc(-c3ccc(S(=O)(=O)n4ccc(C=CC(=O)NO)c4)cc3)cc2)CC1. The fourth-order valence-corrected chi connectivity index (χ4v) is 5.29. The second-order valence-corrected chi connectivity index (χ2v) is 10.8. The molecule has 1 aliphatic rings. The fraction of sp³-hybridized carbons (Fsp3) is 0.296. The van der Waals surface area contributed by atoms with Gasteiger partial charge in [0.2, 0.25) is 0 Å². The van der Waals surface area contributed by atoms with Crippen LogP contribution in [0, 0.1) is 0 Å². The lowest BCUT2D eigenvalue weighted by Gasteiger charge is -2.32. The molecule has 2 N–H and O–H groups in total. The third kappa shape index (κ3) is 7.07. The van der Waals surface area contributed by atoms with E-state index in [0.717, 1.165) is 66.1 Å². The molecule has 2 aromatic carbocycles. The Morgan fingerprint density at radius 3 is 2.30 bits per heavy atom. The van der Waals surface area contributed by atoms with Gasteiger partial charge in [-0.25, -0.2) is 17.9 Å². The van der Waals surface area contributed by atoms with Gasteiger partial charge in [-0.05, 0) is 66.6 Å². The number of hydroxylamine groups is 1. The van der Waals surface area contributed by atoms with Crippen molar-refractivity contribution in [2.24, 2.45) is 0 Å². The van der Waals surface area contributed by atoms with Gasteiger partial charge in [-0.2, -0.15) is 0 Å². The first-order valence-electron chi connectivity index (χ1n) is 12.1. The van der Waals surface area contributed by atoms with Gasteiger partial charge in [0, 0.05) is 51.2 Å². The number of piperazine rings is 1. The summed E-state index contributed by atoms with van der Waals surface area (Å²) < 4.78 is 32.9. The Hall–Kier alpha value is -3.44. The molecule has 37 heavy (non-hydrogen) atoms. The average molecular weight is 525 g/mol. The van der Waals surface area contributed by atoms with E-state index in [4.69, 9.17) is 9.94 Å². The molecule has 10 heteroatoms. The van der Waals surface area contributed by atoms with E-state index in [2.05, 4.69) is 16.8 Å². The van der Waals surface area contributed by atoms with Crippen LogP contribution < -0.4 is 10.2 Å². The summed E-state index contributed by atoms with van der Waals surface area (Å²) in [6.07, 6.45) is 6.30. The van der Waals surface area contributed by atoms with Gasteiger partial charge in [-0.1, -0.05) is 24.3 Å². The predicted octanol–water partition coefficient (Wildman–Crippen LogP) is 2.93. The van der Waals surface area contributed by atoms with Crippen LogP contribution in [0.5, 0.6) is 5.75 Å². The molecule has 1 saturated heterocycles. The monoisotopic (exact) mass is 524 g/mol. The van der Waals surface area contributed by atoms with Crippen LogP contribution >= 0.6 is 0 Å². The van der Waals surface area contributed by atoms with Gasteiger partial charge >= 0.3 is 0 Å². The summed E-state index contributed by atoms with van der Waals surface area (Å²) in [4.78, 5) is 16.1. The topological polar surface area (TPSA) is 104 Å². The van der Waals surface area contributed by atoms with Crippen molar-refractivity contribution in [3.8, 4) is 16.9 Å². The first kappa shape index (κ1) is 26.6. The Labute approximate surface area is 217 Å². The Kier molecular flexibility index (Phi) is 8.78. The highest BCUT2D eigenvalue weighted by Gasteiger charge is 2.17. The highest BCUT2D eigenvalue weighted by Crippen LogP contribution is 2.25. The number of ether oxygens (including phenoxy) is 1. The maximum absolute atomic E-state index is 13.0. The number of nitrogens with one attached hydrogen (secondary N) is 1. The Morgan fingerprint density at radius 1 is 1.00 bits per heavy atom. The van der Waals surface area contributed by atoms with Gasteiger partial charge < -0.3 is 14.5 Å². The van der Waals surface area contributed by atoms with E-state index in [1.54, 1.807) is 30.3 Å². The van der Waals surface area contributed by atoms with Gasteiger partial charge in [0.25, 0.3) is 15.9 Å². The van der Waals surface area contributed by atoms with Crippen LogP contribution in [0.4, 0.5) is 0 Å². The van der Waals surface area contributed by atoms with Crippen LogP contribution in [0.15, 0.2) is 78.0 Å². The lowest BCUT2D eigenvalue weighted by Crippen LogP contribution is -2.44. The third-order valence-electron chi connectivity index (χ3n) is 6.33. The summed E-state index contributed by atoms with van der Waals surface area (Å²) in [5.41, 5.74) is 3.85. The maximum atomic E-state index is 13.0. The molecule has 1 aromatic heterocycles. The van der Waals surface area contributed by atoms with Crippen LogP contribution in [0.2, 0.25) is 0 Å². The molecule has 4 rings (SSSR count). The van der Waals surface area contributed by atoms with Crippen LogP contribution in [0.3, 0.4) is 0 Å². The van der Waals surface area contributed by atoms with Crippen LogP contribution in [0.1, 0.15) is 12.0 Å². The minimum atomic E-state index is -3.78. The normalized spacial score (nSPS) is 15.2. The van der Waals surface area contributed by atoms with Crippen molar-refractivity contribution in [3.05, 3.63) is 78.6 Å². The van der Waals surface area contributed by atoms with E-state index < -0.39 is 15.9 Å². The summed E-state index contributed by atoms with van der Waals surface area (Å²) in [6, 6.07) is 16.0. The zero-order chi connectivity index (χ0) is 26.3. The smallest absolute Gasteiger partial charge is 0.267 e. The second-order valence-electron chi connectivity index (χ2n) is 8.98. The fourth-order valence-electron chi connectivity index (χ4n) is 4.08. The second kappa shape index (κ2) is 12.2. The molecule has 9 nitrogen and oxygen atoms in total. The Morgan fingerprint density at radius 2 is 1.65 bits per heavy atom. The molecule has 0 atom stereocenters. The van der Waals surface area contributed by atoms with Gasteiger partial charge in [0.1, 0.15) is 5.75 Å². The van der Waals surface area contributed by atoms with Gasteiger partial charge in [0.05, 0.1) is 11.5 Å². The Balaban J connectivity index is 1.32. The molecular weight excluding hydrogens is 492 g/mol. The van der Waals surface area contributed by atoms with Gasteiger partial charge in [-0.15, -0.1) is 0 Å². The zero-order valence-corrected chi connectivity index (χ0v) is 21.6. The predicted molar refractivity (Wildman–Crippen MR) is 142 cm³/mol. The highest BCUT2D eigenvalue weighted by atomic mass is 32.2. The number of carbonyl (C=O) groups is 1. The van der Waals surface area contributed by atoms with Crippen molar-refractivity contribution in [1.82, 2.24) is 19.3 Å². The van der Waals surface area contributed by atoms with Crippen LogP contribution in [-0.2, 0) is 14.8 Å². The number of nitrogens with zero attached hydrogens (tertiary/aromatic N) is 3. The molecule has 0 bridgehead atoms. The summed E-state index contributed by atoms with van der Waals surface area (Å²) in [5, 5.41) is 8.54. The molecule has 1 fully saturated rings. The molecule has 1 aliphatic heterocycles. The van der Waals surface area contributed by atoms with Crippen molar-refractivity contribution in [2.75, 3.05) is 46.4 Å². The number of benzene rings is 2.